The summed E-state index contributed by atoms with van der Waals surface area (Å²) in [6.07, 6.45) is -0.107. The van der Waals surface area contributed by atoms with E-state index in [0.717, 1.165) is 11.1 Å². The molecule has 4 heteroatoms. The second kappa shape index (κ2) is 4.98. The summed E-state index contributed by atoms with van der Waals surface area (Å²) in [4.78, 5) is 12.2. The number of carbonyl (C=O) groups excluding carboxylic acids is 1. The maximum Gasteiger partial charge on any atom is 0.255 e. The molecule has 0 aliphatic heterocycles. The van der Waals surface area contributed by atoms with E-state index >= 15 is 0 Å². The van der Waals surface area contributed by atoms with Crippen LogP contribution in [0.25, 0.3) is 0 Å². The van der Waals surface area contributed by atoms with E-state index in [9.17, 15) is 15.0 Å². The van der Waals surface area contributed by atoms with Crippen molar-refractivity contribution in [3.8, 4) is 5.75 Å². The molecule has 0 heterocycles. The third-order valence-electron chi connectivity index (χ3n) is 3.64. The Bertz CT molecular complexity index is 654. The van der Waals surface area contributed by atoms with Crippen LogP contribution in [0.15, 0.2) is 48.5 Å². The van der Waals surface area contributed by atoms with Gasteiger partial charge >= 0.3 is 0 Å². The van der Waals surface area contributed by atoms with Crippen LogP contribution in [0.3, 0.4) is 0 Å². The number of fused-ring (bicyclic) bond motifs is 1. The first kappa shape index (κ1) is 12.7. The van der Waals surface area contributed by atoms with Gasteiger partial charge in [-0.25, -0.2) is 0 Å². The number of phenolic OH excluding ortho intramolecular Hbond substituents is 1. The Kier molecular flexibility index (Phi) is 3.16. The zero-order valence-corrected chi connectivity index (χ0v) is 10.8. The molecule has 0 spiro atoms. The standard InChI is InChI=1S/C16H15NO3/c18-13-8-4-3-7-12(13)16(20)17-15-11-6-2-1-5-10(11)9-14(15)19/h1-8,14-15,18-19H,9H2,(H,17,20). The molecule has 2 aromatic carbocycles. The van der Waals surface area contributed by atoms with Crippen LogP contribution in [-0.2, 0) is 6.42 Å². The Labute approximate surface area is 116 Å². The van der Waals surface area contributed by atoms with E-state index in [1.807, 2.05) is 24.3 Å². The predicted octanol–water partition coefficient (Wildman–Crippen LogP) is 1.78. The molecule has 0 radical (unpaired) electrons. The first-order valence-electron chi connectivity index (χ1n) is 6.51. The first-order valence-corrected chi connectivity index (χ1v) is 6.51. The van der Waals surface area contributed by atoms with Gasteiger partial charge in [0, 0.05) is 6.42 Å². The molecule has 2 atom stereocenters. The topological polar surface area (TPSA) is 69.6 Å². The van der Waals surface area contributed by atoms with Gasteiger partial charge in [-0.1, -0.05) is 36.4 Å². The molecule has 2 unspecified atom stereocenters. The number of benzene rings is 2. The highest BCUT2D eigenvalue weighted by molar-refractivity contribution is 5.97. The summed E-state index contributed by atoms with van der Waals surface area (Å²) in [6.45, 7) is 0. The number of rotatable bonds is 2. The largest absolute Gasteiger partial charge is 0.507 e. The van der Waals surface area contributed by atoms with Crippen molar-refractivity contribution in [2.75, 3.05) is 0 Å². The highest BCUT2D eigenvalue weighted by Gasteiger charge is 2.32. The summed E-state index contributed by atoms with van der Waals surface area (Å²) >= 11 is 0. The summed E-state index contributed by atoms with van der Waals surface area (Å²) in [5, 5.41) is 22.6. The summed E-state index contributed by atoms with van der Waals surface area (Å²) in [5.74, 6) is -0.449. The molecule has 0 aromatic heterocycles. The number of aromatic hydroxyl groups is 1. The van der Waals surface area contributed by atoms with Gasteiger partial charge < -0.3 is 15.5 Å². The number of nitrogens with one attached hydrogen (secondary N) is 1. The molecule has 0 saturated heterocycles. The summed E-state index contributed by atoms with van der Waals surface area (Å²) in [7, 11) is 0. The molecule has 0 bridgehead atoms. The van der Waals surface area contributed by atoms with Crippen LogP contribution in [-0.4, -0.2) is 22.2 Å². The van der Waals surface area contributed by atoms with Gasteiger partial charge in [0.2, 0.25) is 0 Å². The Hall–Kier alpha value is -2.33. The lowest BCUT2D eigenvalue weighted by atomic mass is 10.1. The Morgan fingerprint density at radius 3 is 2.60 bits per heavy atom. The summed E-state index contributed by atoms with van der Waals surface area (Å²) < 4.78 is 0. The first-order chi connectivity index (χ1) is 9.66. The zero-order valence-electron chi connectivity index (χ0n) is 10.8. The molecular formula is C16H15NO3. The Balaban J connectivity index is 1.85. The van der Waals surface area contributed by atoms with E-state index in [1.54, 1.807) is 18.2 Å². The molecule has 0 saturated carbocycles. The normalized spacial score (nSPS) is 20.4. The van der Waals surface area contributed by atoms with E-state index in [4.69, 9.17) is 0 Å². The smallest absolute Gasteiger partial charge is 0.255 e. The summed E-state index contributed by atoms with van der Waals surface area (Å²) in [6, 6.07) is 13.6. The van der Waals surface area contributed by atoms with Crippen LogP contribution in [0.4, 0.5) is 0 Å². The highest BCUT2D eigenvalue weighted by atomic mass is 16.3. The molecule has 0 fully saturated rings. The maximum absolute atomic E-state index is 12.2. The van der Waals surface area contributed by atoms with Gasteiger partial charge in [-0.05, 0) is 23.3 Å². The van der Waals surface area contributed by atoms with Crippen LogP contribution in [0.2, 0.25) is 0 Å². The van der Waals surface area contributed by atoms with Crippen molar-refractivity contribution in [3.63, 3.8) is 0 Å². The van der Waals surface area contributed by atoms with E-state index in [2.05, 4.69) is 5.32 Å². The number of amides is 1. The number of carbonyl (C=O) groups is 1. The second-order valence-corrected chi connectivity index (χ2v) is 4.94. The maximum atomic E-state index is 12.2. The van der Waals surface area contributed by atoms with Crippen molar-refractivity contribution in [1.82, 2.24) is 5.32 Å². The SMILES string of the molecule is O=C(NC1c2ccccc2CC1O)c1ccccc1O. The van der Waals surface area contributed by atoms with Crippen molar-refractivity contribution in [3.05, 3.63) is 65.2 Å². The van der Waals surface area contributed by atoms with Gasteiger partial charge in [-0.3, -0.25) is 4.79 Å². The van der Waals surface area contributed by atoms with Crippen LogP contribution in [0, 0.1) is 0 Å². The lowest BCUT2D eigenvalue weighted by Gasteiger charge is -2.18. The number of aliphatic hydroxyl groups is 1. The molecule has 3 N–H and O–H groups in total. The third-order valence-corrected chi connectivity index (χ3v) is 3.64. The fourth-order valence-corrected chi connectivity index (χ4v) is 2.63. The quantitative estimate of drug-likeness (QED) is 0.778. The molecule has 1 aliphatic carbocycles. The van der Waals surface area contributed by atoms with Gasteiger partial charge in [0.15, 0.2) is 0 Å². The molecule has 3 rings (SSSR count). The monoisotopic (exact) mass is 269 g/mol. The lowest BCUT2D eigenvalue weighted by molar-refractivity contribution is 0.0855. The van der Waals surface area contributed by atoms with Gasteiger partial charge in [-0.2, -0.15) is 0 Å². The van der Waals surface area contributed by atoms with Crippen molar-refractivity contribution in [1.29, 1.82) is 0 Å². The molecule has 20 heavy (non-hydrogen) atoms. The van der Waals surface area contributed by atoms with Crippen molar-refractivity contribution in [2.45, 2.75) is 18.6 Å². The predicted molar refractivity (Wildman–Crippen MR) is 74.5 cm³/mol. The van der Waals surface area contributed by atoms with Gasteiger partial charge in [0.05, 0.1) is 17.7 Å². The van der Waals surface area contributed by atoms with E-state index in [1.165, 1.54) is 6.07 Å². The average Bonchev–Trinajstić information content (AvgIpc) is 2.76. The second-order valence-electron chi connectivity index (χ2n) is 4.94. The highest BCUT2D eigenvalue weighted by Crippen LogP contribution is 2.31. The Morgan fingerprint density at radius 1 is 1.10 bits per heavy atom. The number of aliphatic hydroxyl groups excluding tert-OH is 1. The lowest BCUT2D eigenvalue weighted by Crippen LogP contribution is -2.33. The van der Waals surface area contributed by atoms with Crippen molar-refractivity contribution in [2.24, 2.45) is 0 Å². The fourth-order valence-electron chi connectivity index (χ4n) is 2.63. The van der Waals surface area contributed by atoms with Gasteiger partial charge in [0.1, 0.15) is 5.75 Å². The zero-order chi connectivity index (χ0) is 14.1. The number of para-hydroxylation sites is 1. The fraction of sp³-hybridized carbons (Fsp3) is 0.188. The van der Waals surface area contributed by atoms with Crippen LogP contribution < -0.4 is 5.32 Å². The van der Waals surface area contributed by atoms with Crippen molar-refractivity contribution >= 4 is 5.91 Å². The van der Waals surface area contributed by atoms with Crippen LogP contribution in [0.5, 0.6) is 5.75 Å². The van der Waals surface area contributed by atoms with Crippen molar-refractivity contribution < 1.29 is 15.0 Å². The Morgan fingerprint density at radius 2 is 1.80 bits per heavy atom. The molecule has 102 valence electrons. The minimum Gasteiger partial charge on any atom is -0.507 e. The minimum absolute atomic E-state index is 0.0641. The number of hydrogen-bond acceptors (Lipinski definition) is 3. The number of hydrogen-bond donors (Lipinski definition) is 3. The molecule has 1 amide bonds. The van der Waals surface area contributed by atoms with E-state index in [0.29, 0.717) is 6.42 Å². The van der Waals surface area contributed by atoms with E-state index in [-0.39, 0.29) is 17.2 Å². The van der Waals surface area contributed by atoms with Crippen LogP contribution in [0.1, 0.15) is 27.5 Å². The molecule has 1 aliphatic rings. The van der Waals surface area contributed by atoms with Crippen LogP contribution >= 0.6 is 0 Å². The minimum atomic E-state index is -0.637. The average molecular weight is 269 g/mol. The third kappa shape index (κ3) is 2.14. The van der Waals surface area contributed by atoms with Gasteiger partial charge in [0.25, 0.3) is 5.91 Å². The molecular weight excluding hydrogens is 254 g/mol. The van der Waals surface area contributed by atoms with Gasteiger partial charge in [-0.15, -0.1) is 0 Å². The van der Waals surface area contributed by atoms with E-state index < -0.39 is 12.1 Å². The number of phenols is 1. The molecule has 4 nitrogen and oxygen atoms in total. The molecule has 2 aromatic rings. The summed E-state index contributed by atoms with van der Waals surface area (Å²) in [5.41, 5.74) is 2.19.